The van der Waals surface area contributed by atoms with Gasteiger partial charge < -0.3 is 34.1 Å². The number of oxime groups is 1. The molecule has 0 unspecified atom stereocenters. The van der Waals surface area contributed by atoms with E-state index in [0.717, 1.165) is 5.56 Å². The van der Waals surface area contributed by atoms with Gasteiger partial charge in [0, 0.05) is 0 Å². The Morgan fingerprint density at radius 1 is 1.15 bits per heavy atom. The van der Waals surface area contributed by atoms with Crippen LogP contribution in [0.15, 0.2) is 57.2 Å². The number of benzene rings is 1. The standard InChI is InChI=1S/C23H25N3O8/c1-4-31-22(28)20-17(25-23(29)26-21(20)18-10-5-14(2)34-18)12-32-19(27)13-33-24-11-15-6-8-16(30-3)9-7-15/h5-11,21H,4,12-13H2,1-3H3,(H2,25,26,29)/b24-11-/t21-/m0/s1. The SMILES string of the molecule is CCOC(=O)C1=C(COC(=O)CO/N=C\c2ccc(OC)cc2)NC(=O)N[C@H]1c1ccc(C)o1. The van der Waals surface area contributed by atoms with Gasteiger partial charge in [0.2, 0.25) is 6.61 Å². The molecule has 3 rings (SSSR count). The third-order valence-electron chi connectivity index (χ3n) is 4.65. The minimum absolute atomic E-state index is 0.0713. The van der Waals surface area contributed by atoms with Gasteiger partial charge in [0.1, 0.15) is 29.9 Å². The third-order valence-corrected chi connectivity index (χ3v) is 4.65. The highest BCUT2D eigenvalue weighted by molar-refractivity contribution is 5.95. The molecule has 34 heavy (non-hydrogen) atoms. The lowest BCUT2D eigenvalue weighted by molar-refractivity contribution is -0.148. The van der Waals surface area contributed by atoms with Crippen molar-refractivity contribution >= 4 is 24.2 Å². The zero-order valence-corrected chi connectivity index (χ0v) is 19.0. The van der Waals surface area contributed by atoms with E-state index in [1.807, 2.05) is 0 Å². The molecular weight excluding hydrogens is 446 g/mol. The number of esters is 2. The molecule has 11 nitrogen and oxygen atoms in total. The molecule has 2 aromatic rings. The predicted octanol–water partition coefficient (Wildman–Crippen LogP) is 2.36. The first kappa shape index (κ1) is 24.4. The number of methoxy groups -OCH3 is 1. The van der Waals surface area contributed by atoms with Crippen LogP contribution >= 0.6 is 0 Å². The van der Waals surface area contributed by atoms with Crippen LogP contribution in [-0.4, -0.2) is 51.1 Å². The number of carbonyl (C=O) groups excluding carboxylic acids is 3. The maximum absolute atomic E-state index is 12.6. The summed E-state index contributed by atoms with van der Waals surface area (Å²) in [6.45, 7) is 2.65. The Bertz CT molecular complexity index is 1090. The van der Waals surface area contributed by atoms with Crippen molar-refractivity contribution in [2.75, 3.05) is 26.9 Å². The van der Waals surface area contributed by atoms with E-state index in [4.69, 9.17) is 23.5 Å². The first-order valence-corrected chi connectivity index (χ1v) is 10.4. The molecular formula is C23H25N3O8. The van der Waals surface area contributed by atoms with E-state index in [0.29, 0.717) is 17.3 Å². The quantitative estimate of drug-likeness (QED) is 0.306. The number of furan rings is 1. The van der Waals surface area contributed by atoms with Gasteiger partial charge in [-0.15, -0.1) is 0 Å². The number of amides is 2. The number of hydrogen-bond acceptors (Lipinski definition) is 9. The van der Waals surface area contributed by atoms with Gasteiger partial charge in [0.05, 0.1) is 31.2 Å². The van der Waals surface area contributed by atoms with E-state index < -0.39 is 30.6 Å². The lowest BCUT2D eigenvalue weighted by atomic mass is 10.0. The van der Waals surface area contributed by atoms with Crippen LogP contribution in [0.25, 0.3) is 0 Å². The highest BCUT2D eigenvalue weighted by Crippen LogP contribution is 2.29. The van der Waals surface area contributed by atoms with E-state index in [1.165, 1.54) is 6.21 Å². The molecule has 1 aliphatic rings. The van der Waals surface area contributed by atoms with Crippen LogP contribution < -0.4 is 15.4 Å². The largest absolute Gasteiger partial charge is 0.497 e. The number of ether oxygens (including phenoxy) is 3. The summed E-state index contributed by atoms with van der Waals surface area (Å²) in [4.78, 5) is 41.9. The summed E-state index contributed by atoms with van der Waals surface area (Å²) in [5.41, 5.74) is 0.897. The Kier molecular flexibility index (Phi) is 8.27. The van der Waals surface area contributed by atoms with Crippen molar-refractivity contribution < 1.29 is 37.8 Å². The Morgan fingerprint density at radius 3 is 2.56 bits per heavy atom. The fourth-order valence-corrected chi connectivity index (χ4v) is 3.08. The molecule has 0 bridgehead atoms. The van der Waals surface area contributed by atoms with Gasteiger partial charge in [-0.25, -0.2) is 14.4 Å². The average molecular weight is 471 g/mol. The van der Waals surface area contributed by atoms with Crippen LogP contribution in [0.5, 0.6) is 5.75 Å². The van der Waals surface area contributed by atoms with Gasteiger partial charge in [-0.3, -0.25) is 0 Å². The van der Waals surface area contributed by atoms with E-state index in [-0.39, 0.29) is 24.5 Å². The summed E-state index contributed by atoms with van der Waals surface area (Å²) in [5.74, 6) is 0.218. The van der Waals surface area contributed by atoms with Crippen molar-refractivity contribution in [3.05, 3.63) is 64.8 Å². The summed E-state index contributed by atoms with van der Waals surface area (Å²) in [6, 6.07) is 8.91. The molecule has 2 heterocycles. The summed E-state index contributed by atoms with van der Waals surface area (Å²) in [6.07, 6.45) is 1.43. The second kappa shape index (κ2) is 11.5. The molecule has 1 aromatic carbocycles. The molecule has 0 aliphatic carbocycles. The number of aryl methyl sites for hydroxylation is 1. The Labute approximate surface area is 195 Å². The fourth-order valence-electron chi connectivity index (χ4n) is 3.08. The molecule has 2 N–H and O–H groups in total. The molecule has 180 valence electrons. The van der Waals surface area contributed by atoms with Crippen molar-refractivity contribution in [3.8, 4) is 5.75 Å². The number of nitrogens with one attached hydrogen (secondary N) is 2. The third kappa shape index (κ3) is 6.37. The summed E-state index contributed by atoms with van der Waals surface area (Å²) < 4.78 is 21.0. The van der Waals surface area contributed by atoms with Gasteiger partial charge in [-0.05, 0) is 55.8 Å². The van der Waals surface area contributed by atoms with Crippen molar-refractivity contribution in [2.45, 2.75) is 19.9 Å². The maximum atomic E-state index is 12.6. The number of nitrogens with zero attached hydrogens (tertiary/aromatic N) is 1. The van der Waals surface area contributed by atoms with E-state index in [2.05, 4.69) is 15.8 Å². The van der Waals surface area contributed by atoms with Crippen LogP contribution in [0, 0.1) is 6.92 Å². The van der Waals surface area contributed by atoms with Gasteiger partial charge in [0.25, 0.3) is 0 Å². The van der Waals surface area contributed by atoms with Crippen molar-refractivity contribution in [1.29, 1.82) is 0 Å². The van der Waals surface area contributed by atoms with Gasteiger partial charge in [-0.2, -0.15) is 0 Å². The van der Waals surface area contributed by atoms with E-state index in [1.54, 1.807) is 57.4 Å². The first-order valence-electron chi connectivity index (χ1n) is 10.4. The van der Waals surface area contributed by atoms with Crippen LogP contribution in [0.1, 0.15) is 30.0 Å². The van der Waals surface area contributed by atoms with Crippen molar-refractivity contribution in [2.24, 2.45) is 5.16 Å². The van der Waals surface area contributed by atoms with Crippen LogP contribution in [0.3, 0.4) is 0 Å². The van der Waals surface area contributed by atoms with Crippen LogP contribution in [0.2, 0.25) is 0 Å². The molecule has 1 aromatic heterocycles. The number of carbonyl (C=O) groups is 3. The second-order valence-corrected chi connectivity index (χ2v) is 7.03. The minimum atomic E-state index is -0.902. The Balaban J connectivity index is 1.64. The minimum Gasteiger partial charge on any atom is -0.497 e. The molecule has 2 amide bonds. The zero-order chi connectivity index (χ0) is 24.5. The van der Waals surface area contributed by atoms with E-state index >= 15 is 0 Å². The predicted molar refractivity (Wildman–Crippen MR) is 119 cm³/mol. The lowest BCUT2D eigenvalue weighted by Crippen LogP contribution is -2.47. The van der Waals surface area contributed by atoms with Gasteiger partial charge in [0.15, 0.2) is 0 Å². The fraction of sp³-hybridized carbons (Fsp3) is 0.304. The highest BCUT2D eigenvalue weighted by atomic mass is 16.7. The summed E-state index contributed by atoms with van der Waals surface area (Å²) >= 11 is 0. The topological polar surface area (TPSA) is 138 Å². The normalized spacial score (nSPS) is 15.5. The maximum Gasteiger partial charge on any atom is 0.347 e. The molecule has 11 heteroatoms. The van der Waals surface area contributed by atoms with Crippen molar-refractivity contribution in [3.63, 3.8) is 0 Å². The van der Waals surface area contributed by atoms with Gasteiger partial charge in [-0.1, -0.05) is 5.16 Å². The zero-order valence-electron chi connectivity index (χ0n) is 19.0. The number of rotatable bonds is 10. The summed E-state index contributed by atoms with van der Waals surface area (Å²) in [5, 5.41) is 8.84. The Morgan fingerprint density at radius 2 is 1.91 bits per heavy atom. The number of urea groups is 1. The molecule has 1 atom stereocenters. The highest BCUT2D eigenvalue weighted by Gasteiger charge is 2.36. The molecule has 0 spiro atoms. The number of hydrogen-bond donors (Lipinski definition) is 2. The van der Waals surface area contributed by atoms with E-state index in [9.17, 15) is 14.4 Å². The Hall–Kier alpha value is -4.28. The molecule has 0 saturated carbocycles. The first-order chi connectivity index (χ1) is 16.4. The molecule has 0 radical (unpaired) electrons. The average Bonchev–Trinajstić information content (AvgIpc) is 3.26. The van der Waals surface area contributed by atoms with Crippen LogP contribution in [0.4, 0.5) is 4.79 Å². The summed E-state index contributed by atoms with van der Waals surface area (Å²) in [7, 11) is 1.57. The lowest BCUT2D eigenvalue weighted by Gasteiger charge is -2.27. The molecule has 0 fully saturated rings. The monoisotopic (exact) mass is 471 g/mol. The van der Waals surface area contributed by atoms with Gasteiger partial charge >= 0.3 is 18.0 Å². The second-order valence-electron chi connectivity index (χ2n) is 7.03. The molecule has 0 saturated heterocycles. The smallest absolute Gasteiger partial charge is 0.347 e. The van der Waals surface area contributed by atoms with Crippen LogP contribution in [-0.2, 0) is 23.9 Å². The molecule has 1 aliphatic heterocycles. The van der Waals surface area contributed by atoms with Crippen molar-refractivity contribution in [1.82, 2.24) is 10.6 Å².